The lowest BCUT2D eigenvalue weighted by molar-refractivity contribution is -0.142. The highest BCUT2D eigenvalue weighted by Gasteiger charge is 2.32. The van der Waals surface area contributed by atoms with Gasteiger partial charge in [0.05, 0.1) is 18.1 Å². The fourth-order valence-electron chi connectivity index (χ4n) is 1.76. The van der Waals surface area contributed by atoms with Crippen molar-refractivity contribution in [1.82, 2.24) is 10.2 Å². The molecule has 2 amide bonds. The van der Waals surface area contributed by atoms with Gasteiger partial charge in [-0.15, -0.1) is 0 Å². The number of carbonyl (C=O) groups is 2. The number of aliphatic carboxylic acids is 1. The predicted octanol–water partition coefficient (Wildman–Crippen LogP) is -1.08. The van der Waals surface area contributed by atoms with Crippen molar-refractivity contribution in [1.29, 1.82) is 0 Å². The zero-order valence-corrected chi connectivity index (χ0v) is 11.5. The van der Waals surface area contributed by atoms with Crippen molar-refractivity contribution in [2.45, 2.75) is 12.5 Å². The third kappa shape index (κ3) is 5.43. The number of carbonyl (C=O) groups excluding carboxylic acids is 1. The van der Waals surface area contributed by atoms with Gasteiger partial charge in [0.25, 0.3) is 0 Å². The summed E-state index contributed by atoms with van der Waals surface area (Å²) in [5, 5.41) is 10.9. The van der Waals surface area contributed by atoms with Crippen LogP contribution in [0.5, 0.6) is 0 Å². The van der Waals surface area contributed by atoms with Crippen molar-refractivity contribution >= 4 is 21.8 Å². The molecule has 1 unspecified atom stereocenters. The number of hydrogen-bond acceptors (Lipinski definition) is 5. The summed E-state index contributed by atoms with van der Waals surface area (Å²) in [7, 11) is -1.48. The van der Waals surface area contributed by atoms with Gasteiger partial charge >= 0.3 is 12.0 Å². The Morgan fingerprint density at radius 1 is 1.47 bits per heavy atom. The van der Waals surface area contributed by atoms with Crippen LogP contribution in [0.25, 0.3) is 0 Å². The van der Waals surface area contributed by atoms with Crippen molar-refractivity contribution in [2.24, 2.45) is 0 Å². The first-order valence-electron chi connectivity index (χ1n) is 5.82. The number of nitrogens with zero attached hydrogens (tertiary/aromatic N) is 1. The second kappa shape index (κ2) is 6.71. The predicted molar refractivity (Wildman–Crippen MR) is 66.7 cm³/mol. The third-order valence-electron chi connectivity index (χ3n) is 2.82. The molecule has 19 heavy (non-hydrogen) atoms. The zero-order chi connectivity index (χ0) is 14.5. The summed E-state index contributed by atoms with van der Waals surface area (Å²) in [5.41, 5.74) is 0. The molecule has 0 radical (unpaired) electrons. The first-order valence-corrected chi connectivity index (χ1v) is 7.64. The summed E-state index contributed by atoms with van der Waals surface area (Å²) < 4.78 is 27.3. The van der Waals surface area contributed by atoms with Gasteiger partial charge in [0, 0.05) is 19.6 Å². The van der Waals surface area contributed by atoms with Crippen LogP contribution in [0.1, 0.15) is 6.42 Å². The van der Waals surface area contributed by atoms with E-state index < -0.39 is 22.4 Å². The molecule has 0 saturated carbocycles. The number of hydrogen-bond donors (Lipinski definition) is 2. The molecular formula is C10H18N2O6S. The molecule has 1 atom stereocenters. The Balaban J connectivity index is 2.24. The van der Waals surface area contributed by atoms with E-state index >= 15 is 0 Å². The summed E-state index contributed by atoms with van der Waals surface area (Å²) in [6, 6.07) is -0.689. The van der Waals surface area contributed by atoms with E-state index in [9.17, 15) is 18.0 Å². The quantitative estimate of drug-likeness (QED) is 0.602. The Morgan fingerprint density at radius 2 is 2.16 bits per heavy atom. The molecule has 1 fully saturated rings. The molecule has 1 rings (SSSR count). The zero-order valence-electron chi connectivity index (χ0n) is 10.7. The molecule has 0 aromatic rings. The van der Waals surface area contributed by atoms with Crippen LogP contribution in [-0.4, -0.2) is 74.8 Å². The lowest BCUT2D eigenvalue weighted by Crippen LogP contribution is -2.45. The Bertz CT molecular complexity index is 435. The summed E-state index contributed by atoms with van der Waals surface area (Å²) in [6.45, 7) is -0.142. The number of nitrogens with one attached hydrogen (secondary N) is 1. The molecule has 0 bridgehead atoms. The molecule has 0 spiro atoms. The molecule has 1 aliphatic rings. The molecule has 0 aromatic heterocycles. The first kappa shape index (κ1) is 15.7. The van der Waals surface area contributed by atoms with Gasteiger partial charge in [0.15, 0.2) is 9.84 Å². The van der Waals surface area contributed by atoms with E-state index in [1.807, 2.05) is 0 Å². The largest absolute Gasteiger partial charge is 0.480 e. The first-order chi connectivity index (χ1) is 8.82. The fourth-order valence-corrected chi connectivity index (χ4v) is 3.54. The topological polar surface area (TPSA) is 113 Å². The van der Waals surface area contributed by atoms with Crippen molar-refractivity contribution in [3.05, 3.63) is 0 Å². The van der Waals surface area contributed by atoms with Crippen LogP contribution in [0.4, 0.5) is 4.79 Å². The van der Waals surface area contributed by atoms with Crippen molar-refractivity contribution < 1.29 is 27.9 Å². The minimum absolute atomic E-state index is 0.00751. The molecule has 110 valence electrons. The second-order valence-corrected chi connectivity index (χ2v) is 6.57. The van der Waals surface area contributed by atoms with E-state index in [0.717, 1.165) is 0 Å². The third-order valence-corrected chi connectivity index (χ3v) is 4.57. The Kier molecular flexibility index (Phi) is 5.55. The molecule has 8 nitrogen and oxygen atoms in total. The minimum Gasteiger partial charge on any atom is -0.480 e. The average Bonchev–Trinajstić information content (AvgIpc) is 2.67. The van der Waals surface area contributed by atoms with Gasteiger partial charge in [-0.25, -0.2) is 18.0 Å². The standard InChI is InChI=1S/C10H18N2O6S/c1-12(8-2-5-19(16,17)7-8)10(15)11-3-4-18-6-9(13)14/h8H,2-7H2,1H3,(H,11,15)(H,13,14). The number of amides is 2. The SMILES string of the molecule is CN(C(=O)NCCOCC(=O)O)C1CCS(=O)(=O)C1. The molecular weight excluding hydrogens is 276 g/mol. The molecule has 1 saturated heterocycles. The van der Waals surface area contributed by atoms with Gasteiger partial charge in [0.2, 0.25) is 0 Å². The highest BCUT2D eigenvalue weighted by molar-refractivity contribution is 7.91. The van der Waals surface area contributed by atoms with Crippen molar-refractivity contribution in [2.75, 3.05) is 38.3 Å². The number of urea groups is 1. The second-order valence-electron chi connectivity index (χ2n) is 4.35. The molecule has 2 N–H and O–H groups in total. The van der Waals surface area contributed by atoms with Crippen LogP contribution < -0.4 is 5.32 Å². The van der Waals surface area contributed by atoms with Gasteiger partial charge in [-0.2, -0.15) is 0 Å². The van der Waals surface area contributed by atoms with Crippen LogP contribution in [-0.2, 0) is 19.4 Å². The Morgan fingerprint density at radius 3 is 2.68 bits per heavy atom. The van der Waals surface area contributed by atoms with E-state index in [1.165, 1.54) is 4.90 Å². The number of carboxylic acid groups (broad SMARTS) is 1. The normalized spacial score (nSPS) is 21.0. The summed E-state index contributed by atoms with van der Waals surface area (Å²) in [6.07, 6.45) is 0.446. The molecule has 1 aliphatic heterocycles. The fraction of sp³-hybridized carbons (Fsp3) is 0.800. The number of sulfone groups is 1. The number of carboxylic acids is 1. The van der Waals surface area contributed by atoms with Gasteiger partial charge in [-0.05, 0) is 6.42 Å². The van der Waals surface area contributed by atoms with Gasteiger partial charge in [0.1, 0.15) is 6.61 Å². The Labute approximate surface area is 111 Å². The summed E-state index contributed by atoms with van der Waals surface area (Å²) in [4.78, 5) is 23.2. The van der Waals surface area contributed by atoms with Crippen LogP contribution in [0, 0.1) is 0 Å². The van der Waals surface area contributed by atoms with E-state index in [4.69, 9.17) is 9.84 Å². The van der Waals surface area contributed by atoms with Crippen LogP contribution in [0.2, 0.25) is 0 Å². The maximum Gasteiger partial charge on any atom is 0.329 e. The number of rotatable bonds is 6. The van der Waals surface area contributed by atoms with E-state index in [0.29, 0.717) is 6.42 Å². The van der Waals surface area contributed by atoms with Gasteiger partial charge in [-0.1, -0.05) is 0 Å². The molecule has 0 aromatic carbocycles. The monoisotopic (exact) mass is 294 g/mol. The number of ether oxygens (including phenoxy) is 1. The average molecular weight is 294 g/mol. The van der Waals surface area contributed by atoms with Crippen LogP contribution in [0.3, 0.4) is 0 Å². The lowest BCUT2D eigenvalue weighted by atomic mass is 10.2. The maximum atomic E-state index is 11.7. The highest BCUT2D eigenvalue weighted by atomic mass is 32.2. The van der Waals surface area contributed by atoms with Crippen LogP contribution in [0.15, 0.2) is 0 Å². The lowest BCUT2D eigenvalue weighted by Gasteiger charge is -2.23. The van der Waals surface area contributed by atoms with Crippen molar-refractivity contribution in [3.63, 3.8) is 0 Å². The summed E-state index contributed by atoms with van der Waals surface area (Å²) >= 11 is 0. The molecule has 9 heteroatoms. The molecule has 0 aliphatic carbocycles. The van der Waals surface area contributed by atoms with Gasteiger partial charge < -0.3 is 20.1 Å². The maximum absolute atomic E-state index is 11.7. The van der Waals surface area contributed by atoms with Crippen LogP contribution >= 0.6 is 0 Å². The van der Waals surface area contributed by atoms with E-state index in [2.05, 4.69) is 5.32 Å². The summed E-state index contributed by atoms with van der Waals surface area (Å²) in [5.74, 6) is -0.969. The van der Waals surface area contributed by atoms with Gasteiger partial charge in [-0.3, -0.25) is 0 Å². The highest BCUT2D eigenvalue weighted by Crippen LogP contribution is 2.16. The minimum atomic E-state index is -3.02. The van der Waals surface area contributed by atoms with E-state index in [-0.39, 0.29) is 36.7 Å². The molecule has 1 heterocycles. The Hall–Kier alpha value is -1.35. The smallest absolute Gasteiger partial charge is 0.329 e. The van der Waals surface area contributed by atoms with E-state index in [1.54, 1.807) is 7.05 Å². The van der Waals surface area contributed by atoms with Crippen molar-refractivity contribution in [3.8, 4) is 0 Å².